The van der Waals surface area contributed by atoms with Gasteiger partial charge in [0.05, 0.1) is 47.7 Å². The van der Waals surface area contributed by atoms with Gasteiger partial charge in [-0.05, 0) is 82.8 Å². The number of carbonyl (C=O) groups is 1. The highest BCUT2D eigenvalue weighted by molar-refractivity contribution is 6.08. The molecule has 0 unspecified atom stereocenters. The SMILES string of the molecule is COc1ccc2c(c1)C(CC(=O)N(C)Cc1ccco1)=C(C)C2=Cc1cc(OC)c(OC)c(OC)c1. The molecule has 36 heavy (non-hydrogen) atoms. The molecule has 1 heterocycles. The Balaban J connectivity index is 1.75. The fourth-order valence-corrected chi connectivity index (χ4v) is 4.48. The van der Waals surface area contributed by atoms with Gasteiger partial charge in [-0.15, -0.1) is 0 Å². The van der Waals surface area contributed by atoms with E-state index in [0.29, 0.717) is 23.8 Å². The lowest BCUT2D eigenvalue weighted by atomic mass is 10.00. The molecule has 0 saturated carbocycles. The van der Waals surface area contributed by atoms with Crippen LogP contribution in [0.15, 0.2) is 58.7 Å². The largest absolute Gasteiger partial charge is 0.497 e. The Kier molecular flexibility index (Phi) is 7.38. The van der Waals surface area contributed by atoms with Crippen molar-refractivity contribution >= 4 is 23.1 Å². The van der Waals surface area contributed by atoms with Crippen LogP contribution >= 0.6 is 0 Å². The van der Waals surface area contributed by atoms with Crippen LogP contribution in [-0.2, 0) is 11.3 Å². The summed E-state index contributed by atoms with van der Waals surface area (Å²) in [5.41, 5.74) is 5.95. The number of fused-ring (bicyclic) bond motifs is 1. The van der Waals surface area contributed by atoms with Crippen LogP contribution in [0, 0.1) is 0 Å². The summed E-state index contributed by atoms with van der Waals surface area (Å²) in [5.74, 6) is 3.18. The van der Waals surface area contributed by atoms with Crippen LogP contribution in [0.4, 0.5) is 0 Å². The van der Waals surface area contributed by atoms with Crippen LogP contribution in [0.1, 0.15) is 35.8 Å². The molecule has 188 valence electrons. The minimum absolute atomic E-state index is 0.00329. The maximum atomic E-state index is 13.2. The first-order chi connectivity index (χ1) is 17.4. The van der Waals surface area contributed by atoms with Gasteiger partial charge in [0.15, 0.2) is 11.5 Å². The second-order valence-corrected chi connectivity index (χ2v) is 8.54. The smallest absolute Gasteiger partial charge is 0.227 e. The van der Waals surface area contributed by atoms with Crippen LogP contribution in [0.25, 0.3) is 17.2 Å². The number of benzene rings is 2. The summed E-state index contributed by atoms with van der Waals surface area (Å²) in [6.07, 6.45) is 3.95. The van der Waals surface area contributed by atoms with Gasteiger partial charge in [-0.1, -0.05) is 6.07 Å². The molecule has 4 rings (SSSR count). The molecule has 1 amide bonds. The van der Waals surface area contributed by atoms with E-state index in [1.165, 1.54) is 0 Å². The number of methoxy groups -OCH3 is 4. The van der Waals surface area contributed by atoms with E-state index in [9.17, 15) is 4.79 Å². The van der Waals surface area contributed by atoms with Crippen molar-refractivity contribution in [2.75, 3.05) is 35.5 Å². The molecule has 1 aliphatic carbocycles. The number of ether oxygens (including phenoxy) is 4. The Morgan fingerprint density at radius 1 is 0.944 bits per heavy atom. The quantitative estimate of drug-likeness (QED) is 0.385. The molecule has 0 saturated heterocycles. The van der Waals surface area contributed by atoms with Crippen molar-refractivity contribution in [2.45, 2.75) is 19.9 Å². The third kappa shape index (κ3) is 4.82. The van der Waals surface area contributed by atoms with Gasteiger partial charge in [0, 0.05) is 7.05 Å². The Bertz CT molecular complexity index is 1290. The average molecular weight is 490 g/mol. The average Bonchev–Trinajstić information content (AvgIpc) is 3.49. The van der Waals surface area contributed by atoms with E-state index in [1.54, 1.807) is 46.6 Å². The zero-order valence-electron chi connectivity index (χ0n) is 21.5. The van der Waals surface area contributed by atoms with Gasteiger partial charge in [0.1, 0.15) is 11.5 Å². The lowest BCUT2D eigenvalue weighted by Crippen LogP contribution is -2.26. The number of hydrogen-bond acceptors (Lipinski definition) is 6. The Morgan fingerprint density at radius 2 is 1.67 bits per heavy atom. The lowest BCUT2D eigenvalue weighted by Gasteiger charge is -2.17. The van der Waals surface area contributed by atoms with E-state index in [4.69, 9.17) is 23.4 Å². The van der Waals surface area contributed by atoms with Crippen LogP contribution in [-0.4, -0.2) is 46.3 Å². The standard InChI is InChI=1S/C29H31NO6/c1-18-23(12-19-13-26(33-4)29(35-6)27(14-19)34-5)22-10-9-20(32-3)15-25(22)24(18)16-28(31)30(2)17-21-8-7-11-36-21/h7-15H,16-17H2,1-6H3. The number of rotatable bonds is 9. The fourth-order valence-electron chi connectivity index (χ4n) is 4.48. The second kappa shape index (κ2) is 10.6. The van der Waals surface area contributed by atoms with E-state index in [0.717, 1.165) is 44.9 Å². The number of hydrogen-bond donors (Lipinski definition) is 0. The number of amides is 1. The lowest BCUT2D eigenvalue weighted by molar-refractivity contribution is -0.129. The molecule has 2 aromatic carbocycles. The molecular weight excluding hydrogens is 458 g/mol. The summed E-state index contributed by atoms with van der Waals surface area (Å²) in [5, 5.41) is 0. The summed E-state index contributed by atoms with van der Waals surface area (Å²) in [4.78, 5) is 14.9. The van der Waals surface area contributed by atoms with Crippen molar-refractivity contribution in [1.82, 2.24) is 4.90 Å². The summed E-state index contributed by atoms with van der Waals surface area (Å²) < 4.78 is 27.4. The minimum atomic E-state index is 0.00329. The zero-order valence-corrected chi connectivity index (χ0v) is 21.5. The van der Waals surface area contributed by atoms with Crippen molar-refractivity contribution in [1.29, 1.82) is 0 Å². The molecule has 0 aliphatic heterocycles. The first-order valence-corrected chi connectivity index (χ1v) is 11.6. The van der Waals surface area contributed by atoms with Gasteiger partial charge in [-0.25, -0.2) is 0 Å². The molecule has 1 aromatic heterocycles. The van der Waals surface area contributed by atoms with Gasteiger partial charge in [0.25, 0.3) is 0 Å². The van der Waals surface area contributed by atoms with Crippen molar-refractivity contribution < 1.29 is 28.2 Å². The van der Waals surface area contributed by atoms with Crippen LogP contribution in [0.3, 0.4) is 0 Å². The topological polar surface area (TPSA) is 70.4 Å². The van der Waals surface area contributed by atoms with E-state index < -0.39 is 0 Å². The Morgan fingerprint density at radius 3 is 2.25 bits per heavy atom. The third-order valence-electron chi connectivity index (χ3n) is 6.42. The summed E-state index contributed by atoms with van der Waals surface area (Å²) >= 11 is 0. The van der Waals surface area contributed by atoms with Gasteiger partial charge in [0.2, 0.25) is 11.7 Å². The van der Waals surface area contributed by atoms with Gasteiger partial charge in [-0.3, -0.25) is 4.79 Å². The normalized spacial score (nSPS) is 13.6. The van der Waals surface area contributed by atoms with Crippen molar-refractivity contribution in [2.24, 2.45) is 0 Å². The molecular formula is C29H31NO6. The van der Waals surface area contributed by atoms with Crippen LogP contribution < -0.4 is 18.9 Å². The molecule has 0 fully saturated rings. The summed E-state index contributed by atoms with van der Waals surface area (Å²) in [6.45, 7) is 2.46. The second-order valence-electron chi connectivity index (χ2n) is 8.54. The molecule has 0 N–H and O–H groups in total. The van der Waals surface area contributed by atoms with Gasteiger partial charge in [-0.2, -0.15) is 0 Å². The number of allylic oxidation sites excluding steroid dienone is 2. The molecule has 7 heteroatoms. The number of nitrogens with zero attached hydrogens (tertiary/aromatic N) is 1. The number of furan rings is 1. The minimum Gasteiger partial charge on any atom is -0.497 e. The predicted molar refractivity (Wildman–Crippen MR) is 139 cm³/mol. The maximum Gasteiger partial charge on any atom is 0.227 e. The van der Waals surface area contributed by atoms with E-state index in [1.807, 2.05) is 49.4 Å². The third-order valence-corrected chi connectivity index (χ3v) is 6.42. The fraction of sp³-hybridized carbons (Fsp3) is 0.276. The molecule has 0 bridgehead atoms. The van der Waals surface area contributed by atoms with Gasteiger partial charge >= 0.3 is 0 Å². The van der Waals surface area contributed by atoms with Gasteiger partial charge < -0.3 is 28.3 Å². The molecule has 0 atom stereocenters. The van der Waals surface area contributed by atoms with Crippen molar-refractivity contribution in [3.05, 3.63) is 76.8 Å². The molecule has 3 aromatic rings. The van der Waals surface area contributed by atoms with Crippen LogP contribution in [0.2, 0.25) is 0 Å². The molecule has 7 nitrogen and oxygen atoms in total. The molecule has 0 radical (unpaired) electrons. The predicted octanol–water partition coefficient (Wildman–Crippen LogP) is 5.69. The van der Waals surface area contributed by atoms with E-state index in [-0.39, 0.29) is 12.3 Å². The Labute approximate surface area is 211 Å². The number of carbonyl (C=O) groups excluding carboxylic acids is 1. The monoisotopic (exact) mass is 489 g/mol. The summed E-state index contributed by atoms with van der Waals surface area (Å²) in [7, 11) is 8.20. The first kappa shape index (κ1) is 25.0. The first-order valence-electron chi connectivity index (χ1n) is 11.6. The summed E-state index contributed by atoms with van der Waals surface area (Å²) in [6, 6.07) is 13.5. The van der Waals surface area contributed by atoms with Crippen LogP contribution in [0.5, 0.6) is 23.0 Å². The van der Waals surface area contributed by atoms with E-state index >= 15 is 0 Å². The van der Waals surface area contributed by atoms with Crippen molar-refractivity contribution in [3.63, 3.8) is 0 Å². The molecule has 1 aliphatic rings. The highest BCUT2D eigenvalue weighted by Crippen LogP contribution is 2.46. The van der Waals surface area contributed by atoms with E-state index in [2.05, 4.69) is 6.08 Å². The zero-order chi connectivity index (χ0) is 25.8. The molecule has 0 spiro atoms. The highest BCUT2D eigenvalue weighted by Gasteiger charge is 2.27. The highest BCUT2D eigenvalue weighted by atomic mass is 16.5. The maximum absolute atomic E-state index is 13.2. The van der Waals surface area contributed by atoms with Crippen molar-refractivity contribution in [3.8, 4) is 23.0 Å². The Hall–Kier alpha value is -4.13.